The maximum Gasteiger partial charge on any atom is 0.162 e. The molecule has 0 amide bonds. The number of rotatable bonds is 0. The molecule has 0 aromatic rings. The Morgan fingerprint density at radius 1 is 1.41 bits per heavy atom. The molecule has 0 bridgehead atoms. The minimum absolute atomic E-state index is 0.0168. The highest BCUT2D eigenvalue weighted by atomic mass is 16.6. The number of hydrogen-bond acceptors (Lipinski definition) is 3. The zero-order valence-corrected chi connectivity index (χ0v) is 10.2. The highest BCUT2D eigenvalue weighted by Gasteiger charge is 2.51. The van der Waals surface area contributed by atoms with Crippen LogP contribution in [0.15, 0.2) is 23.8 Å². The lowest BCUT2D eigenvalue weighted by Crippen LogP contribution is -2.45. The monoisotopic (exact) mass is 234 g/mol. The third-order valence-electron chi connectivity index (χ3n) is 4.57. The molecule has 3 nitrogen and oxygen atoms in total. The molecule has 92 valence electrons. The summed E-state index contributed by atoms with van der Waals surface area (Å²) >= 11 is 0. The number of carbonyl (C=O) groups excluding carboxylic acids is 1. The van der Waals surface area contributed by atoms with Gasteiger partial charge in [0, 0.05) is 11.8 Å². The normalized spacial score (nSPS) is 43.0. The molecule has 1 heterocycles. The molecule has 3 rings (SSSR count). The van der Waals surface area contributed by atoms with E-state index in [1.807, 2.05) is 6.08 Å². The molecule has 17 heavy (non-hydrogen) atoms. The van der Waals surface area contributed by atoms with Gasteiger partial charge in [0.2, 0.25) is 0 Å². The second-order valence-electron chi connectivity index (χ2n) is 5.93. The summed E-state index contributed by atoms with van der Waals surface area (Å²) in [7, 11) is 0. The molecule has 0 unspecified atom stereocenters. The number of aliphatic hydroxyl groups is 1. The Labute approximate surface area is 101 Å². The van der Waals surface area contributed by atoms with Gasteiger partial charge in [-0.3, -0.25) is 4.79 Å². The predicted molar refractivity (Wildman–Crippen MR) is 63.1 cm³/mol. The largest absolute Gasteiger partial charge is 0.367 e. The fraction of sp³-hybridized carbons (Fsp3) is 0.643. The highest BCUT2D eigenvalue weighted by Crippen LogP contribution is 2.50. The standard InChI is InChI=1S/C14H18O3/c1-14(2)6-5-10(15)12-9(14)4-3-8-7-17-13(16)11(8)12/h3,5-6,9,11-13,16H,4,7H2,1-2H3/t9-,11+,12-,13+/m1/s1. The second kappa shape index (κ2) is 3.53. The van der Waals surface area contributed by atoms with E-state index in [2.05, 4.69) is 19.9 Å². The summed E-state index contributed by atoms with van der Waals surface area (Å²) in [6.07, 6.45) is 5.97. The van der Waals surface area contributed by atoms with Gasteiger partial charge in [0.1, 0.15) is 0 Å². The summed E-state index contributed by atoms with van der Waals surface area (Å²) in [5.74, 6) is 0.206. The van der Waals surface area contributed by atoms with Crippen molar-refractivity contribution in [2.24, 2.45) is 23.2 Å². The smallest absolute Gasteiger partial charge is 0.162 e. The van der Waals surface area contributed by atoms with Crippen molar-refractivity contribution < 1.29 is 14.6 Å². The summed E-state index contributed by atoms with van der Waals surface area (Å²) in [5, 5.41) is 9.91. The lowest BCUT2D eigenvalue weighted by Gasteiger charge is -2.44. The molecular formula is C14H18O3. The van der Waals surface area contributed by atoms with Gasteiger partial charge in [0.05, 0.1) is 6.61 Å². The molecule has 0 aromatic carbocycles. The van der Waals surface area contributed by atoms with Gasteiger partial charge in [0.25, 0.3) is 0 Å². The van der Waals surface area contributed by atoms with Gasteiger partial charge in [-0.15, -0.1) is 0 Å². The van der Waals surface area contributed by atoms with Crippen LogP contribution in [-0.4, -0.2) is 23.8 Å². The summed E-state index contributed by atoms with van der Waals surface area (Å²) in [5.41, 5.74) is 1.13. The number of carbonyl (C=O) groups is 1. The number of ether oxygens (including phenoxy) is 1. The molecule has 0 aromatic heterocycles. The van der Waals surface area contributed by atoms with Crippen LogP contribution in [0.3, 0.4) is 0 Å². The number of ketones is 1. The zero-order chi connectivity index (χ0) is 12.2. The minimum atomic E-state index is -0.805. The summed E-state index contributed by atoms with van der Waals surface area (Å²) in [6, 6.07) is 0. The van der Waals surface area contributed by atoms with Crippen molar-refractivity contribution in [2.75, 3.05) is 6.61 Å². The topological polar surface area (TPSA) is 46.5 Å². The number of hydrogen-bond donors (Lipinski definition) is 1. The summed E-state index contributed by atoms with van der Waals surface area (Å²) < 4.78 is 5.28. The number of aliphatic hydroxyl groups excluding tert-OH is 1. The third-order valence-corrected chi connectivity index (χ3v) is 4.57. The van der Waals surface area contributed by atoms with Gasteiger partial charge in [-0.05, 0) is 29.4 Å². The first-order valence-electron chi connectivity index (χ1n) is 6.22. The molecular weight excluding hydrogens is 216 g/mol. The van der Waals surface area contributed by atoms with Crippen molar-refractivity contribution in [3.63, 3.8) is 0 Å². The Bertz CT molecular complexity index is 419. The van der Waals surface area contributed by atoms with Crippen molar-refractivity contribution in [2.45, 2.75) is 26.6 Å². The van der Waals surface area contributed by atoms with Crippen LogP contribution in [0, 0.1) is 23.2 Å². The van der Waals surface area contributed by atoms with E-state index >= 15 is 0 Å². The number of allylic oxidation sites excluding steroid dienone is 3. The maximum atomic E-state index is 12.1. The Morgan fingerprint density at radius 2 is 2.18 bits per heavy atom. The van der Waals surface area contributed by atoms with Gasteiger partial charge in [0.15, 0.2) is 12.1 Å². The predicted octanol–water partition coefficient (Wildman–Crippen LogP) is 1.68. The molecule has 4 atom stereocenters. The van der Waals surface area contributed by atoms with Crippen molar-refractivity contribution in [3.05, 3.63) is 23.8 Å². The molecule has 1 saturated heterocycles. The molecule has 1 fully saturated rings. The first kappa shape index (κ1) is 11.2. The quantitative estimate of drug-likeness (QED) is 0.649. The third kappa shape index (κ3) is 1.53. The molecule has 2 aliphatic carbocycles. The Kier molecular flexibility index (Phi) is 2.32. The molecule has 1 aliphatic heterocycles. The van der Waals surface area contributed by atoms with E-state index in [0.29, 0.717) is 6.61 Å². The first-order chi connectivity index (χ1) is 8.00. The van der Waals surface area contributed by atoms with Crippen LogP contribution in [0.5, 0.6) is 0 Å². The molecule has 3 aliphatic rings. The zero-order valence-electron chi connectivity index (χ0n) is 10.2. The SMILES string of the molecule is CC1(C)C=CC(=O)[C@@H]2[C@@H]3C(=CC[C@H]21)CO[C@@H]3O. The van der Waals surface area contributed by atoms with Crippen molar-refractivity contribution in [1.29, 1.82) is 0 Å². The second-order valence-corrected chi connectivity index (χ2v) is 5.93. The van der Waals surface area contributed by atoms with Crippen LogP contribution in [0.1, 0.15) is 20.3 Å². The summed E-state index contributed by atoms with van der Waals surface area (Å²) in [6.45, 7) is 4.80. The van der Waals surface area contributed by atoms with Gasteiger partial charge < -0.3 is 9.84 Å². The average Bonchev–Trinajstić information content (AvgIpc) is 2.66. The van der Waals surface area contributed by atoms with E-state index in [1.54, 1.807) is 6.08 Å². The molecule has 0 saturated carbocycles. The molecule has 1 N–H and O–H groups in total. The van der Waals surface area contributed by atoms with E-state index < -0.39 is 6.29 Å². The lowest BCUT2D eigenvalue weighted by molar-refractivity contribution is -0.135. The van der Waals surface area contributed by atoms with E-state index in [4.69, 9.17) is 4.74 Å². The Morgan fingerprint density at radius 3 is 2.94 bits per heavy atom. The van der Waals surface area contributed by atoms with Crippen LogP contribution < -0.4 is 0 Å². The van der Waals surface area contributed by atoms with Gasteiger partial charge in [-0.25, -0.2) is 0 Å². The minimum Gasteiger partial charge on any atom is -0.367 e. The fourth-order valence-corrected chi connectivity index (χ4v) is 3.52. The summed E-state index contributed by atoms with van der Waals surface area (Å²) in [4.78, 5) is 12.1. The van der Waals surface area contributed by atoms with Gasteiger partial charge in [-0.2, -0.15) is 0 Å². The van der Waals surface area contributed by atoms with Crippen LogP contribution >= 0.6 is 0 Å². The van der Waals surface area contributed by atoms with Crippen molar-refractivity contribution >= 4 is 5.78 Å². The van der Waals surface area contributed by atoms with Crippen molar-refractivity contribution in [3.8, 4) is 0 Å². The fourth-order valence-electron chi connectivity index (χ4n) is 3.52. The molecule has 0 radical (unpaired) electrons. The van der Waals surface area contributed by atoms with Crippen LogP contribution in [0.25, 0.3) is 0 Å². The van der Waals surface area contributed by atoms with Gasteiger partial charge >= 0.3 is 0 Å². The maximum absolute atomic E-state index is 12.1. The van der Waals surface area contributed by atoms with E-state index in [9.17, 15) is 9.90 Å². The van der Waals surface area contributed by atoms with Crippen LogP contribution in [0.2, 0.25) is 0 Å². The van der Waals surface area contributed by atoms with E-state index in [-0.39, 0.29) is 29.0 Å². The Hall–Kier alpha value is -0.930. The van der Waals surface area contributed by atoms with Crippen LogP contribution in [-0.2, 0) is 9.53 Å². The Balaban J connectivity index is 2.04. The first-order valence-corrected chi connectivity index (χ1v) is 6.22. The van der Waals surface area contributed by atoms with Crippen LogP contribution in [0.4, 0.5) is 0 Å². The highest BCUT2D eigenvalue weighted by molar-refractivity contribution is 5.94. The van der Waals surface area contributed by atoms with E-state index in [0.717, 1.165) is 12.0 Å². The lowest BCUT2D eigenvalue weighted by atomic mass is 9.58. The molecule has 3 heteroatoms. The number of fused-ring (bicyclic) bond motifs is 3. The van der Waals surface area contributed by atoms with Crippen molar-refractivity contribution in [1.82, 2.24) is 0 Å². The average molecular weight is 234 g/mol. The molecule has 0 spiro atoms. The van der Waals surface area contributed by atoms with E-state index in [1.165, 1.54) is 0 Å². The van der Waals surface area contributed by atoms with Gasteiger partial charge in [-0.1, -0.05) is 26.0 Å².